The van der Waals surface area contributed by atoms with Gasteiger partial charge in [-0.25, -0.2) is 8.42 Å². The van der Waals surface area contributed by atoms with Crippen LogP contribution in [0.3, 0.4) is 0 Å². The molecule has 1 N–H and O–H groups in total. The van der Waals surface area contributed by atoms with E-state index >= 15 is 0 Å². The van der Waals surface area contributed by atoms with E-state index < -0.39 is 10.0 Å². The zero-order valence-electron chi connectivity index (χ0n) is 18.5. The third kappa shape index (κ3) is 5.72. The first-order chi connectivity index (χ1) is 15.9. The number of anilines is 1. The summed E-state index contributed by atoms with van der Waals surface area (Å²) < 4.78 is 32.5. The summed E-state index contributed by atoms with van der Waals surface area (Å²) >= 11 is 0. The Morgan fingerprint density at radius 1 is 1.00 bits per heavy atom. The van der Waals surface area contributed by atoms with Crippen LogP contribution in [-0.4, -0.2) is 57.3 Å². The highest BCUT2D eigenvalue weighted by Gasteiger charge is 2.29. The zero-order chi connectivity index (χ0) is 23.3. The van der Waals surface area contributed by atoms with E-state index in [1.807, 2.05) is 12.1 Å². The molecule has 2 amide bonds. The summed E-state index contributed by atoms with van der Waals surface area (Å²) in [6.07, 6.45) is 2.85. The summed E-state index contributed by atoms with van der Waals surface area (Å²) in [5.74, 6) is 0.716. The predicted octanol–water partition coefficient (Wildman–Crippen LogP) is 2.41. The first-order valence-corrected chi connectivity index (χ1v) is 12.7. The van der Waals surface area contributed by atoms with Crippen LogP contribution in [0.5, 0.6) is 5.75 Å². The van der Waals surface area contributed by atoms with Gasteiger partial charge in [-0.1, -0.05) is 18.2 Å². The average molecular weight is 472 g/mol. The Morgan fingerprint density at radius 2 is 1.70 bits per heavy atom. The monoisotopic (exact) mass is 471 g/mol. The number of rotatable bonds is 8. The van der Waals surface area contributed by atoms with Gasteiger partial charge in [0.2, 0.25) is 15.9 Å². The van der Waals surface area contributed by atoms with Crippen LogP contribution in [0.2, 0.25) is 0 Å². The van der Waals surface area contributed by atoms with Crippen molar-refractivity contribution >= 4 is 27.5 Å². The van der Waals surface area contributed by atoms with E-state index in [-0.39, 0.29) is 24.3 Å². The van der Waals surface area contributed by atoms with Gasteiger partial charge < -0.3 is 15.0 Å². The van der Waals surface area contributed by atoms with Crippen molar-refractivity contribution in [3.8, 4) is 5.75 Å². The minimum atomic E-state index is -3.46. The van der Waals surface area contributed by atoms with Crippen molar-refractivity contribution in [1.29, 1.82) is 0 Å². The molecule has 33 heavy (non-hydrogen) atoms. The largest absolute Gasteiger partial charge is 0.484 e. The molecule has 2 fully saturated rings. The zero-order valence-corrected chi connectivity index (χ0v) is 19.3. The van der Waals surface area contributed by atoms with Crippen molar-refractivity contribution in [2.75, 3.05) is 37.7 Å². The summed E-state index contributed by atoms with van der Waals surface area (Å²) in [5.41, 5.74) is 0.843. The maximum absolute atomic E-state index is 12.7. The molecule has 176 valence electrons. The van der Waals surface area contributed by atoms with Crippen LogP contribution in [0.1, 0.15) is 25.7 Å². The Labute approximate surface area is 194 Å². The van der Waals surface area contributed by atoms with Crippen LogP contribution in [0.25, 0.3) is 0 Å². The molecular formula is C24H29N3O5S. The van der Waals surface area contributed by atoms with Gasteiger partial charge in [-0.15, -0.1) is 0 Å². The fourth-order valence-corrected chi connectivity index (χ4v) is 5.69. The summed E-state index contributed by atoms with van der Waals surface area (Å²) in [4.78, 5) is 26.1. The number of amides is 2. The molecule has 0 spiro atoms. The van der Waals surface area contributed by atoms with E-state index in [0.29, 0.717) is 49.5 Å². The molecule has 0 bridgehead atoms. The molecule has 0 saturated carbocycles. The SMILES string of the molecule is O=C(COc1ccc(N2CCCC2=O)cc1)NCC1CCN(S(=O)(=O)c2ccccc2)CC1. The van der Waals surface area contributed by atoms with Gasteiger partial charge in [0, 0.05) is 38.3 Å². The molecular weight excluding hydrogens is 442 g/mol. The van der Waals surface area contributed by atoms with E-state index in [4.69, 9.17) is 4.74 Å². The summed E-state index contributed by atoms with van der Waals surface area (Å²) in [5, 5.41) is 2.89. The molecule has 0 radical (unpaired) electrons. The van der Waals surface area contributed by atoms with Crippen molar-refractivity contribution < 1.29 is 22.7 Å². The second-order valence-electron chi connectivity index (χ2n) is 8.40. The maximum Gasteiger partial charge on any atom is 0.257 e. The standard InChI is InChI=1S/C24H29N3O5S/c28-23(18-32-21-10-8-20(9-11-21)27-14-4-7-24(27)29)25-17-19-12-15-26(16-13-19)33(30,31)22-5-2-1-3-6-22/h1-3,5-6,8-11,19H,4,7,12-18H2,(H,25,28). The number of hydrogen-bond acceptors (Lipinski definition) is 5. The van der Waals surface area contributed by atoms with Crippen LogP contribution >= 0.6 is 0 Å². The number of nitrogens with zero attached hydrogens (tertiary/aromatic N) is 2. The summed E-state index contributed by atoms with van der Waals surface area (Å²) in [7, 11) is -3.46. The van der Waals surface area contributed by atoms with E-state index in [1.54, 1.807) is 47.4 Å². The first kappa shape index (κ1) is 23.3. The Bertz CT molecular complexity index is 1070. The lowest BCUT2D eigenvalue weighted by Crippen LogP contribution is -2.42. The van der Waals surface area contributed by atoms with Gasteiger partial charge in [0.05, 0.1) is 4.90 Å². The number of benzene rings is 2. The van der Waals surface area contributed by atoms with Gasteiger partial charge in [-0.05, 0) is 61.6 Å². The third-order valence-electron chi connectivity index (χ3n) is 6.13. The lowest BCUT2D eigenvalue weighted by atomic mass is 9.98. The van der Waals surface area contributed by atoms with Gasteiger partial charge in [-0.3, -0.25) is 9.59 Å². The molecule has 2 aliphatic rings. The van der Waals surface area contributed by atoms with Gasteiger partial charge in [-0.2, -0.15) is 4.31 Å². The molecule has 0 atom stereocenters. The van der Waals surface area contributed by atoms with Crippen LogP contribution in [0.15, 0.2) is 59.5 Å². The van der Waals surface area contributed by atoms with Crippen molar-refractivity contribution in [3.63, 3.8) is 0 Å². The normalized spacial score (nSPS) is 17.8. The number of carbonyl (C=O) groups excluding carboxylic acids is 2. The Balaban J connectivity index is 1.18. The molecule has 9 heteroatoms. The smallest absolute Gasteiger partial charge is 0.257 e. The number of piperidine rings is 1. The van der Waals surface area contributed by atoms with Crippen LogP contribution in [0.4, 0.5) is 5.69 Å². The highest BCUT2D eigenvalue weighted by Crippen LogP contribution is 2.25. The van der Waals surface area contributed by atoms with Crippen molar-refractivity contribution in [2.24, 2.45) is 5.92 Å². The van der Waals surface area contributed by atoms with E-state index in [9.17, 15) is 18.0 Å². The third-order valence-corrected chi connectivity index (χ3v) is 8.05. The molecule has 4 rings (SSSR count). The fourth-order valence-electron chi connectivity index (χ4n) is 4.20. The topological polar surface area (TPSA) is 96.0 Å². The predicted molar refractivity (Wildman–Crippen MR) is 124 cm³/mol. The Morgan fingerprint density at radius 3 is 2.33 bits per heavy atom. The molecule has 2 aliphatic heterocycles. The molecule has 0 aliphatic carbocycles. The Kier molecular flexibility index (Phi) is 7.29. The highest BCUT2D eigenvalue weighted by atomic mass is 32.2. The minimum Gasteiger partial charge on any atom is -0.484 e. The average Bonchev–Trinajstić information content (AvgIpc) is 3.28. The molecule has 2 saturated heterocycles. The second-order valence-corrected chi connectivity index (χ2v) is 10.3. The summed E-state index contributed by atoms with van der Waals surface area (Å²) in [6.45, 7) is 2.03. The van der Waals surface area contributed by atoms with E-state index in [1.165, 1.54) is 4.31 Å². The summed E-state index contributed by atoms with van der Waals surface area (Å²) in [6, 6.07) is 15.6. The van der Waals surface area contributed by atoms with Gasteiger partial charge in [0.15, 0.2) is 6.61 Å². The quantitative estimate of drug-likeness (QED) is 0.638. The number of nitrogens with one attached hydrogen (secondary N) is 1. The molecule has 0 unspecified atom stereocenters. The number of ether oxygens (including phenoxy) is 1. The molecule has 2 aromatic carbocycles. The molecule has 0 aromatic heterocycles. The van der Waals surface area contributed by atoms with E-state index in [2.05, 4.69) is 5.32 Å². The maximum atomic E-state index is 12.7. The van der Waals surface area contributed by atoms with Crippen molar-refractivity contribution in [3.05, 3.63) is 54.6 Å². The van der Waals surface area contributed by atoms with E-state index in [0.717, 1.165) is 18.7 Å². The number of sulfonamides is 1. The van der Waals surface area contributed by atoms with Crippen LogP contribution in [-0.2, 0) is 19.6 Å². The van der Waals surface area contributed by atoms with Crippen molar-refractivity contribution in [2.45, 2.75) is 30.6 Å². The van der Waals surface area contributed by atoms with Crippen molar-refractivity contribution in [1.82, 2.24) is 9.62 Å². The minimum absolute atomic E-state index is 0.0940. The molecule has 2 heterocycles. The number of hydrogen-bond donors (Lipinski definition) is 1. The van der Waals surface area contributed by atoms with Crippen LogP contribution < -0.4 is 15.0 Å². The Hall–Kier alpha value is -2.91. The molecule has 2 aromatic rings. The lowest BCUT2D eigenvalue weighted by Gasteiger charge is -2.31. The van der Waals surface area contributed by atoms with Gasteiger partial charge >= 0.3 is 0 Å². The van der Waals surface area contributed by atoms with Crippen LogP contribution in [0, 0.1) is 5.92 Å². The lowest BCUT2D eigenvalue weighted by molar-refractivity contribution is -0.123. The highest BCUT2D eigenvalue weighted by molar-refractivity contribution is 7.89. The number of carbonyl (C=O) groups is 2. The van der Waals surface area contributed by atoms with Gasteiger partial charge in [0.25, 0.3) is 5.91 Å². The van der Waals surface area contributed by atoms with Gasteiger partial charge in [0.1, 0.15) is 5.75 Å². The second kappa shape index (κ2) is 10.4. The molecule has 8 nitrogen and oxygen atoms in total. The first-order valence-electron chi connectivity index (χ1n) is 11.3. The fraction of sp³-hybridized carbons (Fsp3) is 0.417.